The predicted molar refractivity (Wildman–Crippen MR) is 131 cm³/mol. The summed E-state index contributed by atoms with van der Waals surface area (Å²) in [4.78, 5) is 29.6. The molecule has 4 rings (SSSR count). The van der Waals surface area contributed by atoms with Gasteiger partial charge >= 0.3 is 18.4 Å². The van der Waals surface area contributed by atoms with E-state index >= 15 is 4.39 Å². The van der Waals surface area contributed by atoms with Gasteiger partial charge in [-0.15, -0.1) is 0 Å². The molecule has 2 aliphatic rings. The molecule has 0 N–H and O–H groups in total. The largest absolute Gasteiger partial charge is 0.416 e. The molecule has 0 radical (unpaired) electrons. The fourth-order valence-corrected chi connectivity index (χ4v) is 5.20. The number of anilines is 1. The highest BCUT2D eigenvalue weighted by Gasteiger charge is 2.48. The summed E-state index contributed by atoms with van der Waals surface area (Å²) >= 11 is 0. The molecule has 3 amide bonds. The summed E-state index contributed by atoms with van der Waals surface area (Å²) in [5, 5.41) is 0. The third-order valence-electron chi connectivity index (χ3n) is 7.59. The molecule has 2 aliphatic heterocycles. The summed E-state index contributed by atoms with van der Waals surface area (Å²) in [6.45, 7) is -0.132. The number of hydrogen-bond acceptors (Lipinski definition) is 3. The van der Waals surface area contributed by atoms with Gasteiger partial charge in [-0.05, 0) is 35.9 Å². The van der Waals surface area contributed by atoms with Crippen LogP contribution in [-0.4, -0.2) is 73.8 Å². The monoisotopic (exact) mass is 593 g/mol. The number of rotatable bonds is 4. The zero-order valence-electron chi connectivity index (χ0n) is 22.0. The second-order valence-electron chi connectivity index (χ2n) is 10.2. The highest BCUT2D eigenvalue weighted by atomic mass is 19.4. The van der Waals surface area contributed by atoms with Gasteiger partial charge in [0.2, 0.25) is 0 Å². The minimum Gasteiger partial charge on any atom is -0.381 e. The van der Waals surface area contributed by atoms with Gasteiger partial charge in [0.25, 0.3) is 5.91 Å². The Hall–Kier alpha value is -3.42. The first kappa shape index (κ1) is 30.5. The Morgan fingerprint density at radius 3 is 1.95 bits per heavy atom. The van der Waals surface area contributed by atoms with Crippen LogP contribution >= 0.6 is 0 Å². The molecule has 2 fully saturated rings. The quantitative estimate of drug-likeness (QED) is 0.418. The Balaban J connectivity index is 1.65. The third kappa shape index (κ3) is 6.41. The van der Waals surface area contributed by atoms with Crippen LogP contribution in [0.2, 0.25) is 0 Å². The Morgan fingerprint density at radius 1 is 0.902 bits per heavy atom. The van der Waals surface area contributed by atoms with E-state index in [2.05, 4.69) is 0 Å². The fourth-order valence-electron chi connectivity index (χ4n) is 5.20. The molecule has 0 spiro atoms. The number of nitrogens with zero attached hydrogens (tertiary/aromatic N) is 3. The first-order valence-corrected chi connectivity index (χ1v) is 12.6. The average molecular weight is 594 g/mol. The number of urea groups is 1. The van der Waals surface area contributed by atoms with Crippen molar-refractivity contribution in [2.24, 2.45) is 0 Å². The van der Waals surface area contributed by atoms with Gasteiger partial charge in [0.05, 0.1) is 30.4 Å². The second kappa shape index (κ2) is 11.1. The maximum atomic E-state index is 15.5. The van der Waals surface area contributed by atoms with Crippen molar-refractivity contribution in [3.63, 3.8) is 0 Å². The molecule has 0 saturated carbocycles. The van der Waals surface area contributed by atoms with Crippen LogP contribution in [0.25, 0.3) is 0 Å². The predicted octanol–water partition coefficient (Wildman–Crippen LogP) is 5.86. The summed E-state index contributed by atoms with van der Waals surface area (Å²) in [6.07, 6.45) is -10.6. The van der Waals surface area contributed by atoms with E-state index in [4.69, 9.17) is 4.74 Å². The third-order valence-corrected chi connectivity index (χ3v) is 7.59. The van der Waals surface area contributed by atoms with Crippen molar-refractivity contribution in [2.75, 3.05) is 45.3 Å². The summed E-state index contributed by atoms with van der Waals surface area (Å²) in [6, 6.07) is 4.20. The van der Waals surface area contributed by atoms with Crippen molar-refractivity contribution < 1.29 is 49.4 Å². The van der Waals surface area contributed by atoms with Crippen molar-refractivity contribution >= 4 is 17.6 Å². The van der Waals surface area contributed by atoms with Crippen LogP contribution in [0.15, 0.2) is 42.5 Å². The number of benzene rings is 2. The van der Waals surface area contributed by atoms with E-state index in [1.807, 2.05) is 0 Å². The molecule has 2 aromatic carbocycles. The molecule has 14 heteroatoms. The number of alkyl halides is 7. The van der Waals surface area contributed by atoms with Crippen molar-refractivity contribution in [1.29, 1.82) is 0 Å². The molecule has 2 heterocycles. The molecule has 0 unspecified atom stereocenters. The van der Waals surface area contributed by atoms with Crippen molar-refractivity contribution in [2.45, 2.75) is 42.8 Å². The number of ether oxygens (including phenoxy) is 1. The van der Waals surface area contributed by atoms with Gasteiger partial charge in [0.15, 0.2) is 5.67 Å². The van der Waals surface area contributed by atoms with Crippen LogP contribution in [0.3, 0.4) is 0 Å². The second-order valence-corrected chi connectivity index (χ2v) is 10.2. The number of carbonyl (C=O) groups is 2. The number of carbonyl (C=O) groups excluding carboxylic acids is 2. The van der Waals surface area contributed by atoms with Gasteiger partial charge in [0.1, 0.15) is 5.82 Å². The lowest BCUT2D eigenvalue weighted by atomic mass is 9.93. The van der Waals surface area contributed by atoms with E-state index < -0.39 is 64.6 Å². The van der Waals surface area contributed by atoms with Gasteiger partial charge in [0, 0.05) is 51.6 Å². The van der Waals surface area contributed by atoms with Crippen LogP contribution in [0, 0.1) is 5.82 Å². The van der Waals surface area contributed by atoms with E-state index in [1.54, 1.807) is 0 Å². The molecule has 0 bridgehead atoms. The topological polar surface area (TPSA) is 53.1 Å². The van der Waals surface area contributed by atoms with Crippen LogP contribution < -0.4 is 4.90 Å². The number of likely N-dealkylation sites (tertiary alicyclic amines) is 1. The maximum Gasteiger partial charge on any atom is 0.416 e. The van der Waals surface area contributed by atoms with Gasteiger partial charge in [-0.2, -0.15) is 26.3 Å². The number of amides is 3. The molecule has 0 aromatic heterocycles. The van der Waals surface area contributed by atoms with Gasteiger partial charge in [-0.1, -0.05) is 12.1 Å². The average Bonchev–Trinajstić information content (AvgIpc) is 3.36. The zero-order chi connectivity index (χ0) is 30.3. The number of halogens is 8. The molecule has 0 aliphatic carbocycles. The molecule has 224 valence electrons. The van der Waals surface area contributed by atoms with E-state index in [0.29, 0.717) is 22.6 Å². The lowest BCUT2D eigenvalue weighted by Gasteiger charge is -2.33. The van der Waals surface area contributed by atoms with E-state index in [0.717, 1.165) is 11.9 Å². The molecular formula is C27H27F8N3O3. The Bertz CT molecular complexity index is 1240. The first-order chi connectivity index (χ1) is 19.0. The Morgan fingerprint density at radius 2 is 1.44 bits per heavy atom. The number of likely N-dealkylation sites (N-methyl/N-ethyl adjacent to an activating group) is 1. The van der Waals surface area contributed by atoms with Crippen molar-refractivity contribution in [3.05, 3.63) is 65.0 Å². The smallest absolute Gasteiger partial charge is 0.381 e. The minimum atomic E-state index is -5.11. The van der Waals surface area contributed by atoms with Gasteiger partial charge in [-0.3, -0.25) is 9.69 Å². The fraction of sp³-hybridized carbons (Fsp3) is 0.481. The van der Waals surface area contributed by atoms with E-state index in [1.165, 1.54) is 36.2 Å². The molecule has 2 saturated heterocycles. The molecule has 6 nitrogen and oxygen atoms in total. The molecular weight excluding hydrogens is 566 g/mol. The zero-order valence-corrected chi connectivity index (χ0v) is 22.0. The van der Waals surface area contributed by atoms with Gasteiger partial charge in [-0.25, -0.2) is 13.6 Å². The standard InChI is InChI=1S/C27H27F8N3O3/c1-36(20-12-17(26(30,31)32)11-18(13-20)27(33,34)35)24(40)37(2)22-15-38(23(39)25(29)7-9-41-10-8-25)14-21(22)16-3-5-19(28)6-4-16/h3-6,11-13,21-22H,7-10,14-15H2,1-2H3/t21-,22+/m0/s1. The maximum absolute atomic E-state index is 15.5. The summed E-state index contributed by atoms with van der Waals surface area (Å²) < 4.78 is 115. The molecule has 2 aromatic rings. The van der Waals surface area contributed by atoms with Crippen molar-refractivity contribution in [1.82, 2.24) is 9.80 Å². The summed E-state index contributed by atoms with van der Waals surface area (Å²) in [5.74, 6) is -2.01. The number of hydrogen-bond donors (Lipinski definition) is 0. The van der Waals surface area contributed by atoms with Crippen LogP contribution in [-0.2, 0) is 21.9 Å². The highest BCUT2D eigenvalue weighted by molar-refractivity contribution is 5.92. The minimum absolute atomic E-state index is 0.0420. The summed E-state index contributed by atoms with van der Waals surface area (Å²) in [5.41, 5.74) is -5.51. The van der Waals surface area contributed by atoms with Gasteiger partial charge < -0.3 is 14.5 Å². The van der Waals surface area contributed by atoms with Crippen molar-refractivity contribution in [3.8, 4) is 0 Å². The Kier molecular flexibility index (Phi) is 8.27. The lowest BCUT2D eigenvalue weighted by Crippen LogP contribution is -2.50. The lowest BCUT2D eigenvalue weighted by molar-refractivity contribution is -0.149. The SMILES string of the molecule is CN(C(=O)N(C)[C@@H]1CN(C(=O)C2(F)CCOCC2)C[C@H]1c1ccc(F)cc1)c1cc(C(F)(F)F)cc(C(F)(F)F)c1. The van der Waals surface area contributed by atoms with Crippen LogP contribution in [0.4, 0.5) is 45.6 Å². The van der Waals surface area contributed by atoms with Crippen LogP contribution in [0.1, 0.15) is 35.4 Å². The van der Waals surface area contributed by atoms with E-state index in [-0.39, 0.29) is 45.2 Å². The van der Waals surface area contributed by atoms with Crippen LogP contribution in [0.5, 0.6) is 0 Å². The molecule has 2 atom stereocenters. The molecule has 41 heavy (non-hydrogen) atoms. The Labute approximate surface area is 230 Å². The normalized spacial score (nSPS) is 21.1. The highest BCUT2D eigenvalue weighted by Crippen LogP contribution is 2.39. The van der Waals surface area contributed by atoms with E-state index in [9.17, 15) is 40.3 Å². The summed E-state index contributed by atoms with van der Waals surface area (Å²) in [7, 11) is 2.31. The first-order valence-electron chi connectivity index (χ1n) is 12.6.